The zero-order chi connectivity index (χ0) is 30.7. The van der Waals surface area contributed by atoms with Crippen LogP contribution in [0.5, 0.6) is 0 Å². The zero-order valence-corrected chi connectivity index (χ0v) is 25.2. The summed E-state index contributed by atoms with van der Waals surface area (Å²) in [5.74, 6) is 0. The summed E-state index contributed by atoms with van der Waals surface area (Å²) in [6, 6.07) is 17.3. The number of hydrogen-bond donors (Lipinski definition) is 3. The lowest BCUT2D eigenvalue weighted by Crippen LogP contribution is -2.23. The third kappa shape index (κ3) is 10.7. The molecular formula is C31H35F3N4O3S2. The standard InChI is InChI=1S/C31H35F3N4O3S2/c32-31(33,34)17-4-2-1-3-7-27-22-42-30(37-27)24-10-14-28(15-11-24)43(40,41)38-26-12-8-23(9-13-26)16-19-36-21-29(39)25-6-5-18-35-20-25/h5-6,8-15,18,20,22,29,36,38-39H,1-4,7,16-17,19,21H2. The molecule has 0 spiro atoms. The Hall–Kier alpha value is -3.32. The average molecular weight is 633 g/mol. The molecule has 1 unspecified atom stereocenters. The Morgan fingerprint density at radius 3 is 2.37 bits per heavy atom. The van der Waals surface area contributed by atoms with Crippen LogP contribution >= 0.6 is 11.3 Å². The second kappa shape index (κ2) is 15.4. The number of thiazole rings is 1. The van der Waals surface area contributed by atoms with Crippen LogP contribution in [0.15, 0.2) is 83.3 Å². The van der Waals surface area contributed by atoms with Crippen LogP contribution < -0.4 is 10.0 Å². The van der Waals surface area contributed by atoms with Gasteiger partial charge in [0.2, 0.25) is 0 Å². The van der Waals surface area contributed by atoms with Crippen LogP contribution in [-0.2, 0) is 22.9 Å². The largest absolute Gasteiger partial charge is 0.389 e. The maximum absolute atomic E-state index is 13.0. The van der Waals surface area contributed by atoms with Crippen LogP contribution in [0.2, 0.25) is 0 Å². The van der Waals surface area contributed by atoms with Gasteiger partial charge in [0.05, 0.1) is 16.7 Å². The highest BCUT2D eigenvalue weighted by Gasteiger charge is 2.25. The summed E-state index contributed by atoms with van der Waals surface area (Å²) < 4.78 is 65.2. The van der Waals surface area contributed by atoms with Crippen LogP contribution in [0, 0.1) is 0 Å². The summed E-state index contributed by atoms with van der Waals surface area (Å²) in [5.41, 5.74) is 3.92. The van der Waals surface area contributed by atoms with Crippen molar-refractivity contribution < 1.29 is 26.7 Å². The molecule has 2 heterocycles. The van der Waals surface area contributed by atoms with Gasteiger partial charge in [0.15, 0.2) is 0 Å². The minimum absolute atomic E-state index is 0.132. The molecule has 0 bridgehead atoms. The highest BCUT2D eigenvalue weighted by Crippen LogP contribution is 2.27. The Balaban J connectivity index is 1.21. The summed E-state index contributed by atoms with van der Waals surface area (Å²) in [4.78, 5) is 8.75. The van der Waals surface area contributed by atoms with Gasteiger partial charge in [-0.25, -0.2) is 13.4 Å². The third-order valence-corrected chi connectivity index (χ3v) is 9.15. The fourth-order valence-corrected chi connectivity index (χ4v) is 6.35. The number of aromatic nitrogens is 2. The summed E-state index contributed by atoms with van der Waals surface area (Å²) in [7, 11) is -3.79. The normalized spacial score (nSPS) is 12.7. The first kappa shape index (κ1) is 32.6. The van der Waals surface area contributed by atoms with Crippen molar-refractivity contribution in [2.75, 3.05) is 17.8 Å². The van der Waals surface area contributed by atoms with Crippen LogP contribution in [0.4, 0.5) is 18.9 Å². The number of aryl methyl sites for hydroxylation is 1. The van der Waals surface area contributed by atoms with Crippen molar-refractivity contribution >= 4 is 27.0 Å². The topological polar surface area (TPSA) is 104 Å². The molecule has 230 valence electrons. The molecule has 1 atom stereocenters. The predicted octanol–water partition coefficient (Wildman–Crippen LogP) is 6.93. The molecule has 2 aromatic carbocycles. The van der Waals surface area contributed by atoms with E-state index in [4.69, 9.17) is 0 Å². The van der Waals surface area contributed by atoms with E-state index in [1.54, 1.807) is 54.9 Å². The van der Waals surface area contributed by atoms with E-state index in [1.165, 1.54) is 11.3 Å². The number of nitrogens with one attached hydrogen (secondary N) is 2. The minimum Gasteiger partial charge on any atom is -0.387 e. The Kier molecular flexibility index (Phi) is 11.7. The zero-order valence-electron chi connectivity index (χ0n) is 23.6. The number of pyridine rings is 1. The minimum atomic E-state index is -4.09. The molecule has 4 aromatic rings. The molecule has 0 saturated carbocycles. The lowest BCUT2D eigenvalue weighted by Gasteiger charge is -2.12. The van der Waals surface area contributed by atoms with E-state index in [1.807, 2.05) is 23.6 Å². The first-order valence-electron chi connectivity index (χ1n) is 14.1. The molecule has 0 amide bonds. The van der Waals surface area contributed by atoms with Gasteiger partial charge in [0.25, 0.3) is 10.0 Å². The molecule has 2 aromatic heterocycles. The smallest absolute Gasteiger partial charge is 0.387 e. The monoisotopic (exact) mass is 632 g/mol. The number of benzene rings is 2. The van der Waals surface area contributed by atoms with Crippen molar-refractivity contribution in [2.45, 2.75) is 62.1 Å². The SMILES string of the molecule is O=S(=O)(Nc1ccc(CCNCC(O)c2cccnc2)cc1)c1ccc(-c2nc(CCCCCCC(F)(F)F)cs2)cc1. The predicted molar refractivity (Wildman–Crippen MR) is 163 cm³/mol. The molecule has 0 radical (unpaired) electrons. The summed E-state index contributed by atoms with van der Waals surface area (Å²) >= 11 is 1.45. The number of rotatable bonds is 16. The molecule has 43 heavy (non-hydrogen) atoms. The molecule has 12 heteroatoms. The Morgan fingerprint density at radius 2 is 1.67 bits per heavy atom. The van der Waals surface area contributed by atoms with Gasteiger partial charge < -0.3 is 10.4 Å². The van der Waals surface area contributed by atoms with Crippen LogP contribution in [0.3, 0.4) is 0 Å². The van der Waals surface area contributed by atoms with Gasteiger partial charge in [-0.2, -0.15) is 13.2 Å². The molecule has 3 N–H and O–H groups in total. The maximum atomic E-state index is 13.0. The van der Waals surface area contributed by atoms with Crippen molar-refractivity contribution in [1.82, 2.24) is 15.3 Å². The summed E-state index contributed by atoms with van der Waals surface area (Å²) in [6.07, 6.45) is 1.45. The number of aliphatic hydroxyl groups excluding tert-OH is 1. The summed E-state index contributed by atoms with van der Waals surface area (Å²) in [5, 5.41) is 16.1. The molecular weight excluding hydrogens is 597 g/mol. The van der Waals surface area contributed by atoms with Crippen LogP contribution in [0.25, 0.3) is 10.6 Å². The highest BCUT2D eigenvalue weighted by atomic mass is 32.2. The van der Waals surface area contributed by atoms with Gasteiger partial charge in [-0.15, -0.1) is 11.3 Å². The summed E-state index contributed by atoms with van der Waals surface area (Å²) in [6.45, 7) is 1.06. The number of unbranched alkanes of at least 4 members (excludes halogenated alkanes) is 3. The van der Waals surface area contributed by atoms with Gasteiger partial charge in [-0.1, -0.05) is 43.2 Å². The van der Waals surface area contributed by atoms with E-state index in [9.17, 15) is 26.7 Å². The molecule has 0 fully saturated rings. The Morgan fingerprint density at radius 1 is 0.930 bits per heavy atom. The molecule has 7 nitrogen and oxygen atoms in total. The highest BCUT2D eigenvalue weighted by molar-refractivity contribution is 7.92. The average Bonchev–Trinajstić information content (AvgIpc) is 3.47. The van der Waals surface area contributed by atoms with Gasteiger partial charge >= 0.3 is 6.18 Å². The fraction of sp³-hybridized carbons (Fsp3) is 0.355. The van der Waals surface area contributed by atoms with Crippen molar-refractivity contribution in [3.05, 3.63) is 95.3 Å². The number of halogens is 3. The van der Waals surface area contributed by atoms with E-state index in [-0.39, 0.29) is 11.3 Å². The van der Waals surface area contributed by atoms with Gasteiger partial charge in [-0.05, 0) is 68.1 Å². The van der Waals surface area contributed by atoms with Crippen molar-refractivity contribution in [3.63, 3.8) is 0 Å². The van der Waals surface area contributed by atoms with E-state index in [2.05, 4.69) is 20.0 Å². The van der Waals surface area contributed by atoms with Gasteiger partial charge in [0.1, 0.15) is 5.01 Å². The fourth-order valence-electron chi connectivity index (χ4n) is 4.43. The van der Waals surface area contributed by atoms with Crippen molar-refractivity contribution in [3.8, 4) is 10.6 Å². The number of nitrogens with zero attached hydrogens (tertiary/aromatic N) is 2. The molecule has 0 saturated heterocycles. The molecule has 0 aliphatic carbocycles. The second-order valence-electron chi connectivity index (χ2n) is 10.3. The molecule has 4 rings (SSSR count). The number of hydrogen-bond acceptors (Lipinski definition) is 7. The van der Waals surface area contributed by atoms with Crippen LogP contribution in [-0.4, -0.2) is 42.8 Å². The van der Waals surface area contributed by atoms with Gasteiger partial charge in [0, 0.05) is 47.6 Å². The van der Waals surface area contributed by atoms with E-state index < -0.39 is 28.7 Å². The first-order valence-corrected chi connectivity index (χ1v) is 16.5. The number of alkyl halides is 3. The van der Waals surface area contributed by atoms with E-state index >= 15 is 0 Å². The number of aliphatic hydroxyl groups is 1. The molecule has 0 aliphatic heterocycles. The van der Waals surface area contributed by atoms with E-state index in [0.29, 0.717) is 38.0 Å². The third-order valence-electron chi connectivity index (χ3n) is 6.81. The first-order chi connectivity index (χ1) is 20.6. The lowest BCUT2D eigenvalue weighted by atomic mass is 10.1. The van der Waals surface area contributed by atoms with Gasteiger partial charge in [-0.3, -0.25) is 9.71 Å². The number of anilines is 1. The number of sulfonamides is 1. The maximum Gasteiger partial charge on any atom is 0.389 e. The Bertz CT molecular complexity index is 1510. The van der Waals surface area contributed by atoms with E-state index in [0.717, 1.165) is 40.2 Å². The van der Waals surface area contributed by atoms with Crippen LogP contribution in [0.1, 0.15) is 55.0 Å². The van der Waals surface area contributed by atoms with Crippen molar-refractivity contribution in [2.24, 2.45) is 0 Å². The Labute approximate surface area is 254 Å². The lowest BCUT2D eigenvalue weighted by molar-refractivity contribution is -0.135. The van der Waals surface area contributed by atoms with Crippen molar-refractivity contribution in [1.29, 1.82) is 0 Å². The second-order valence-corrected chi connectivity index (χ2v) is 12.8. The molecule has 0 aliphatic rings. The quantitative estimate of drug-likeness (QED) is 0.116.